The second-order valence-corrected chi connectivity index (χ2v) is 7.08. The van der Waals surface area contributed by atoms with Gasteiger partial charge in [0.05, 0.1) is 17.7 Å². The summed E-state index contributed by atoms with van der Waals surface area (Å²) in [6.45, 7) is 2.19. The largest absolute Gasteiger partial charge is 0.337 e. The van der Waals surface area contributed by atoms with Crippen LogP contribution in [0.4, 0.5) is 0 Å². The minimum absolute atomic E-state index is 0.00269. The highest BCUT2D eigenvalue weighted by molar-refractivity contribution is 7.07. The van der Waals surface area contributed by atoms with Crippen molar-refractivity contribution in [2.45, 2.75) is 25.3 Å². The molecule has 1 amide bonds. The zero-order valence-corrected chi connectivity index (χ0v) is 14.9. The molecule has 0 N–H and O–H groups in total. The molecule has 0 aromatic carbocycles. The van der Waals surface area contributed by atoms with Gasteiger partial charge < -0.3 is 9.47 Å². The number of aromatic nitrogens is 5. The number of amides is 1. The first-order valence-corrected chi connectivity index (χ1v) is 9.32. The van der Waals surface area contributed by atoms with E-state index in [4.69, 9.17) is 0 Å². The Hall–Kier alpha value is -2.48. The van der Waals surface area contributed by atoms with Crippen molar-refractivity contribution in [2.75, 3.05) is 13.1 Å². The molecule has 3 aromatic rings. The molecular formula is C17H20N6OS. The normalized spacial score (nSPS) is 17.8. The van der Waals surface area contributed by atoms with Gasteiger partial charge in [0.1, 0.15) is 11.5 Å². The van der Waals surface area contributed by atoms with Crippen LogP contribution < -0.4 is 0 Å². The highest BCUT2D eigenvalue weighted by Gasteiger charge is 2.28. The van der Waals surface area contributed by atoms with Gasteiger partial charge in [-0.15, -0.1) is 11.3 Å². The SMILES string of the molecule is Cn1ccc(C(=O)N2CCCC(c3nccn3Cc3cscn3)C2)n1. The lowest BCUT2D eigenvalue weighted by molar-refractivity contribution is 0.0696. The molecule has 130 valence electrons. The molecular weight excluding hydrogens is 336 g/mol. The standard InChI is InChI=1S/C17H20N6OS/c1-21-7-4-15(20-21)17(24)23-6-2-3-13(9-23)16-18-5-8-22(16)10-14-11-25-12-19-14/h4-5,7-8,11-13H,2-3,6,9-10H2,1H3. The van der Waals surface area contributed by atoms with Crippen molar-refractivity contribution in [3.8, 4) is 0 Å². The number of hydrogen-bond donors (Lipinski definition) is 0. The van der Waals surface area contributed by atoms with Gasteiger partial charge in [-0.1, -0.05) is 0 Å². The number of hydrogen-bond acceptors (Lipinski definition) is 5. The van der Waals surface area contributed by atoms with Gasteiger partial charge in [0.25, 0.3) is 5.91 Å². The summed E-state index contributed by atoms with van der Waals surface area (Å²) in [7, 11) is 1.82. The molecule has 25 heavy (non-hydrogen) atoms. The summed E-state index contributed by atoms with van der Waals surface area (Å²) in [4.78, 5) is 23.5. The van der Waals surface area contributed by atoms with Crippen molar-refractivity contribution in [2.24, 2.45) is 7.05 Å². The summed E-state index contributed by atoms with van der Waals surface area (Å²) >= 11 is 1.60. The van der Waals surface area contributed by atoms with E-state index in [1.54, 1.807) is 28.3 Å². The number of imidazole rings is 1. The topological polar surface area (TPSA) is 68.8 Å². The number of likely N-dealkylation sites (tertiary alicyclic amines) is 1. The molecule has 4 heterocycles. The van der Waals surface area contributed by atoms with E-state index in [2.05, 4.69) is 25.0 Å². The van der Waals surface area contributed by atoms with Crippen molar-refractivity contribution in [3.05, 3.63) is 52.8 Å². The van der Waals surface area contributed by atoms with Gasteiger partial charge in [-0.3, -0.25) is 9.48 Å². The molecule has 0 saturated carbocycles. The number of piperidine rings is 1. The van der Waals surface area contributed by atoms with Gasteiger partial charge in [0.15, 0.2) is 0 Å². The van der Waals surface area contributed by atoms with Gasteiger partial charge in [0.2, 0.25) is 0 Å². The smallest absolute Gasteiger partial charge is 0.274 e. The molecule has 1 aliphatic heterocycles. The van der Waals surface area contributed by atoms with Crippen molar-refractivity contribution in [1.29, 1.82) is 0 Å². The van der Waals surface area contributed by atoms with Crippen LogP contribution in [0.15, 0.2) is 35.5 Å². The molecule has 1 unspecified atom stereocenters. The Morgan fingerprint density at radius 2 is 2.28 bits per heavy atom. The van der Waals surface area contributed by atoms with Gasteiger partial charge in [-0.2, -0.15) is 5.10 Å². The Morgan fingerprint density at radius 1 is 1.36 bits per heavy atom. The van der Waals surface area contributed by atoms with Crippen LogP contribution in [0.25, 0.3) is 0 Å². The minimum atomic E-state index is 0.00269. The third-order valence-corrected chi connectivity index (χ3v) is 5.21. The molecule has 1 fully saturated rings. The fourth-order valence-corrected chi connectivity index (χ4v) is 3.92. The highest BCUT2D eigenvalue weighted by atomic mass is 32.1. The van der Waals surface area contributed by atoms with E-state index in [1.165, 1.54) is 0 Å². The Kier molecular flexibility index (Phi) is 4.35. The zero-order chi connectivity index (χ0) is 17.2. The van der Waals surface area contributed by atoms with E-state index in [0.717, 1.165) is 37.4 Å². The van der Waals surface area contributed by atoms with Crippen LogP contribution in [0.3, 0.4) is 0 Å². The Bertz CT molecular complexity index is 852. The number of thiazole rings is 1. The summed E-state index contributed by atoms with van der Waals surface area (Å²) in [5.41, 5.74) is 3.40. The summed E-state index contributed by atoms with van der Waals surface area (Å²) in [5.74, 6) is 1.28. The molecule has 4 rings (SSSR count). The van der Waals surface area contributed by atoms with Crippen LogP contribution in [0.2, 0.25) is 0 Å². The minimum Gasteiger partial charge on any atom is -0.337 e. The monoisotopic (exact) mass is 356 g/mol. The Morgan fingerprint density at radius 3 is 3.04 bits per heavy atom. The molecule has 0 aliphatic carbocycles. The summed E-state index contributed by atoms with van der Waals surface area (Å²) in [6, 6.07) is 1.77. The summed E-state index contributed by atoms with van der Waals surface area (Å²) in [6.07, 6.45) is 7.65. The van der Waals surface area contributed by atoms with E-state index in [9.17, 15) is 4.79 Å². The third-order valence-electron chi connectivity index (χ3n) is 4.57. The predicted octanol–water partition coefficient (Wildman–Crippen LogP) is 2.14. The molecule has 1 aliphatic rings. The van der Waals surface area contributed by atoms with Gasteiger partial charge in [-0.05, 0) is 18.9 Å². The quantitative estimate of drug-likeness (QED) is 0.718. The lowest BCUT2D eigenvalue weighted by Crippen LogP contribution is -2.40. The Labute approximate surface area is 149 Å². The molecule has 7 nitrogen and oxygen atoms in total. The van der Waals surface area contributed by atoms with Crippen LogP contribution in [-0.2, 0) is 13.6 Å². The zero-order valence-electron chi connectivity index (χ0n) is 14.1. The number of rotatable bonds is 4. The Balaban J connectivity index is 1.50. The van der Waals surface area contributed by atoms with Crippen LogP contribution in [0.1, 0.15) is 40.8 Å². The lowest BCUT2D eigenvalue weighted by atomic mass is 9.96. The van der Waals surface area contributed by atoms with Crippen molar-refractivity contribution in [3.63, 3.8) is 0 Å². The van der Waals surface area contributed by atoms with E-state index in [0.29, 0.717) is 12.2 Å². The van der Waals surface area contributed by atoms with Crippen molar-refractivity contribution in [1.82, 2.24) is 29.2 Å². The fourth-order valence-electron chi connectivity index (χ4n) is 3.37. The molecule has 0 bridgehead atoms. The van der Waals surface area contributed by atoms with Crippen molar-refractivity contribution < 1.29 is 4.79 Å². The molecule has 1 saturated heterocycles. The second-order valence-electron chi connectivity index (χ2n) is 6.36. The third kappa shape index (κ3) is 3.34. The van der Waals surface area contributed by atoms with Crippen LogP contribution in [-0.4, -0.2) is 48.2 Å². The maximum Gasteiger partial charge on any atom is 0.274 e. The average molecular weight is 356 g/mol. The van der Waals surface area contributed by atoms with E-state index >= 15 is 0 Å². The molecule has 8 heteroatoms. The van der Waals surface area contributed by atoms with Gasteiger partial charge in [0, 0.05) is 50.0 Å². The lowest BCUT2D eigenvalue weighted by Gasteiger charge is -2.32. The number of nitrogens with zero attached hydrogens (tertiary/aromatic N) is 6. The van der Waals surface area contributed by atoms with Crippen LogP contribution in [0.5, 0.6) is 0 Å². The van der Waals surface area contributed by atoms with Crippen molar-refractivity contribution >= 4 is 17.2 Å². The fraction of sp³-hybridized carbons (Fsp3) is 0.412. The first-order valence-electron chi connectivity index (χ1n) is 8.37. The van der Waals surface area contributed by atoms with Gasteiger partial charge >= 0.3 is 0 Å². The predicted molar refractivity (Wildman–Crippen MR) is 94.5 cm³/mol. The number of carbonyl (C=O) groups is 1. The molecule has 0 spiro atoms. The first kappa shape index (κ1) is 16.0. The average Bonchev–Trinajstić information content (AvgIpc) is 3.37. The van der Waals surface area contributed by atoms with Crippen LogP contribution >= 0.6 is 11.3 Å². The molecule has 1 atom stereocenters. The van der Waals surface area contributed by atoms with Crippen LogP contribution in [0, 0.1) is 0 Å². The van der Waals surface area contributed by atoms with Gasteiger partial charge in [-0.25, -0.2) is 9.97 Å². The molecule has 3 aromatic heterocycles. The van der Waals surface area contributed by atoms with E-state index in [1.807, 2.05) is 29.9 Å². The molecule has 0 radical (unpaired) electrons. The second kappa shape index (κ2) is 6.79. The van der Waals surface area contributed by atoms with E-state index in [-0.39, 0.29) is 11.8 Å². The summed E-state index contributed by atoms with van der Waals surface area (Å²) in [5, 5.41) is 6.30. The maximum atomic E-state index is 12.7. The highest BCUT2D eigenvalue weighted by Crippen LogP contribution is 2.27. The summed E-state index contributed by atoms with van der Waals surface area (Å²) < 4.78 is 3.81. The first-order chi connectivity index (χ1) is 12.2. The van der Waals surface area contributed by atoms with E-state index < -0.39 is 0 Å². The number of carbonyl (C=O) groups excluding carboxylic acids is 1. The number of aryl methyl sites for hydroxylation is 1. The maximum absolute atomic E-state index is 12.7.